The lowest BCUT2D eigenvalue weighted by atomic mass is 9.99. The Morgan fingerprint density at radius 2 is 1.94 bits per heavy atom. The number of carbonyl (C=O) groups excluding carboxylic acids is 1. The van der Waals surface area contributed by atoms with Crippen molar-refractivity contribution in [3.63, 3.8) is 0 Å². The van der Waals surface area contributed by atoms with E-state index in [0.29, 0.717) is 12.0 Å². The molecule has 0 aliphatic carbocycles. The summed E-state index contributed by atoms with van der Waals surface area (Å²) in [5.74, 6) is -0.117. The summed E-state index contributed by atoms with van der Waals surface area (Å²) >= 11 is 1.58. The molecule has 0 spiro atoms. The summed E-state index contributed by atoms with van der Waals surface area (Å²) in [6.07, 6.45) is 0.369. The van der Waals surface area contributed by atoms with Gasteiger partial charge in [0.25, 0.3) is 0 Å². The normalized spacial score (nSPS) is 17.8. The van der Waals surface area contributed by atoms with Gasteiger partial charge in [-0.3, -0.25) is 4.79 Å². The summed E-state index contributed by atoms with van der Waals surface area (Å²) in [6, 6.07) is 7.34. The zero-order chi connectivity index (χ0) is 12.9. The number of benzene rings is 1. The number of thioether (sulfide) groups is 1. The van der Waals surface area contributed by atoms with Crippen molar-refractivity contribution in [1.29, 1.82) is 0 Å². The van der Waals surface area contributed by atoms with Gasteiger partial charge in [0.15, 0.2) is 5.78 Å². The van der Waals surface area contributed by atoms with E-state index >= 15 is 0 Å². The van der Waals surface area contributed by atoms with Crippen LogP contribution in [0.3, 0.4) is 0 Å². The molecule has 0 unspecified atom stereocenters. The lowest BCUT2D eigenvalue weighted by Gasteiger charge is -2.29. The predicted octanol–water partition coefficient (Wildman–Crippen LogP) is 3.25. The first-order valence-electron chi connectivity index (χ1n) is 5.76. The van der Waals surface area contributed by atoms with Crippen LogP contribution in [-0.4, -0.2) is 10.5 Å². The Kier molecular flexibility index (Phi) is 2.38. The van der Waals surface area contributed by atoms with Gasteiger partial charge in [-0.25, -0.2) is 4.79 Å². The molecule has 0 amide bonds. The molecule has 4 heteroatoms. The van der Waals surface area contributed by atoms with Gasteiger partial charge in [0.2, 0.25) is 0 Å². The largest absolute Gasteiger partial charge is 0.422 e. The van der Waals surface area contributed by atoms with Crippen molar-refractivity contribution in [2.75, 3.05) is 0 Å². The molecule has 2 heterocycles. The molecular weight excluding hydrogens is 248 g/mol. The summed E-state index contributed by atoms with van der Waals surface area (Å²) in [4.78, 5) is 24.8. The Hall–Kier alpha value is -1.55. The first-order chi connectivity index (χ1) is 8.48. The van der Waals surface area contributed by atoms with Gasteiger partial charge in [-0.05, 0) is 19.9 Å². The highest BCUT2D eigenvalue weighted by atomic mass is 32.2. The first-order valence-corrected chi connectivity index (χ1v) is 6.58. The number of rotatable bonds is 0. The number of hydrogen-bond acceptors (Lipinski definition) is 4. The van der Waals surface area contributed by atoms with Gasteiger partial charge in [-0.2, -0.15) is 0 Å². The van der Waals surface area contributed by atoms with Gasteiger partial charge in [0, 0.05) is 21.4 Å². The molecule has 0 saturated heterocycles. The maximum atomic E-state index is 12.1. The quantitative estimate of drug-likeness (QED) is 0.682. The van der Waals surface area contributed by atoms with E-state index < -0.39 is 5.63 Å². The third-order valence-corrected chi connectivity index (χ3v) is 4.33. The number of fused-ring (bicyclic) bond motifs is 3. The minimum Gasteiger partial charge on any atom is -0.422 e. The van der Waals surface area contributed by atoms with Crippen molar-refractivity contribution in [2.45, 2.75) is 29.9 Å². The van der Waals surface area contributed by atoms with Gasteiger partial charge < -0.3 is 4.42 Å². The van der Waals surface area contributed by atoms with Crippen molar-refractivity contribution < 1.29 is 9.21 Å². The lowest BCUT2D eigenvalue weighted by molar-refractivity contribution is 0.0964. The highest BCUT2D eigenvalue weighted by molar-refractivity contribution is 8.01. The monoisotopic (exact) mass is 260 g/mol. The zero-order valence-corrected chi connectivity index (χ0v) is 11.0. The molecule has 2 aromatic rings. The topological polar surface area (TPSA) is 47.3 Å². The Bertz CT molecular complexity index is 713. The molecule has 1 aliphatic rings. The van der Waals surface area contributed by atoms with Crippen LogP contribution in [0.1, 0.15) is 30.6 Å². The van der Waals surface area contributed by atoms with Crippen molar-refractivity contribution in [2.24, 2.45) is 0 Å². The molecule has 0 fully saturated rings. The molecule has 3 rings (SSSR count). The predicted molar refractivity (Wildman–Crippen MR) is 71.4 cm³/mol. The Morgan fingerprint density at radius 3 is 2.72 bits per heavy atom. The lowest BCUT2D eigenvalue weighted by Crippen LogP contribution is -2.29. The van der Waals surface area contributed by atoms with Crippen LogP contribution < -0.4 is 5.63 Å². The second-order valence-corrected chi connectivity index (χ2v) is 6.77. The minimum absolute atomic E-state index is 0.117. The van der Waals surface area contributed by atoms with Crippen molar-refractivity contribution in [3.05, 3.63) is 40.2 Å². The minimum atomic E-state index is -0.517. The number of para-hydroxylation sites is 1. The van der Waals surface area contributed by atoms with E-state index in [1.54, 1.807) is 17.8 Å². The van der Waals surface area contributed by atoms with E-state index in [-0.39, 0.29) is 16.1 Å². The summed E-state index contributed by atoms with van der Waals surface area (Å²) in [5.41, 5.74) is 0.244. The standard InChI is InChI=1S/C14H12O3S/c1-14(2)7-9(15)11-12(18-14)8-5-3-4-6-10(8)17-13(11)16/h3-6H,7H2,1-2H3. The smallest absolute Gasteiger partial charge is 0.348 e. The second kappa shape index (κ2) is 3.72. The van der Waals surface area contributed by atoms with Crippen LogP contribution in [0.2, 0.25) is 0 Å². The fourth-order valence-corrected chi connectivity index (χ4v) is 3.59. The van der Waals surface area contributed by atoms with Crippen LogP contribution in [0, 0.1) is 0 Å². The van der Waals surface area contributed by atoms with Crippen LogP contribution in [0.25, 0.3) is 11.0 Å². The number of Topliss-reactive ketones (excluding diaryl/α,β-unsaturated/α-hetero) is 1. The van der Waals surface area contributed by atoms with Gasteiger partial charge in [-0.1, -0.05) is 18.2 Å². The molecule has 0 N–H and O–H groups in total. The molecule has 92 valence electrons. The number of hydrogen-bond donors (Lipinski definition) is 0. The van der Waals surface area contributed by atoms with Gasteiger partial charge in [0.1, 0.15) is 11.1 Å². The fraction of sp³-hybridized carbons (Fsp3) is 0.286. The number of carbonyl (C=O) groups is 1. The van der Waals surface area contributed by atoms with E-state index in [0.717, 1.165) is 10.3 Å². The molecule has 18 heavy (non-hydrogen) atoms. The first kappa shape index (κ1) is 11.5. The number of ketones is 1. The van der Waals surface area contributed by atoms with Crippen molar-refractivity contribution in [3.8, 4) is 0 Å². The summed E-state index contributed by atoms with van der Waals surface area (Å²) in [7, 11) is 0. The Morgan fingerprint density at radius 1 is 1.22 bits per heavy atom. The highest BCUT2D eigenvalue weighted by Gasteiger charge is 2.35. The van der Waals surface area contributed by atoms with Crippen LogP contribution in [0.5, 0.6) is 0 Å². The van der Waals surface area contributed by atoms with E-state index in [1.807, 2.05) is 32.0 Å². The van der Waals surface area contributed by atoms with Gasteiger partial charge in [0.05, 0.1) is 0 Å². The van der Waals surface area contributed by atoms with Gasteiger partial charge >= 0.3 is 5.63 Å². The summed E-state index contributed by atoms with van der Waals surface area (Å²) in [5, 5.41) is 0.846. The SMILES string of the molecule is CC1(C)CC(=O)c2c(c3ccccc3oc2=O)S1. The Labute approximate surface area is 108 Å². The molecule has 1 aromatic heterocycles. The third-order valence-electron chi connectivity index (χ3n) is 3.01. The highest BCUT2D eigenvalue weighted by Crippen LogP contribution is 2.44. The second-order valence-electron chi connectivity index (χ2n) is 5.05. The van der Waals surface area contributed by atoms with Crippen LogP contribution in [0.15, 0.2) is 38.4 Å². The van der Waals surface area contributed by atoms with Crippen molar-refractivity contribution in [1.82, 2.24) is 0 Å². The molecule has 0 atom stereocenters. The molecule has 1 aliphatic heterocycles. The molecule has 0 bridgehead atoms. The average molecular weight is 260 g/mol. The van der Waals surface area contributed by atoms with E-state index in [4.69, 9.17) is 4.42 Å². The molecule has 0 radical (unpaired) electrons. The van der Waals surface area contributed by atoms with E-state index in [1.165, 1.54) is 0 Å². The molecule has 1 aromatic carbocycles. The maximum Gasteiger partial charge on any atom is 0.348 e. The third kappa shape index (κ3) is 1.68. The maximum absolute atomic E-state index is 12.1. The van der Waals surface area contributed by atoms with Crippen molar-refractivity contribution >= 4 is 28.5 Å². The fourth-order valence-electron chi connectivity index (χ4n) is 2.26. The molecule has 0 saturated carbocycles. The van der Waals surface area contributed by atoms with E-state index in [9.17, 15) is 9.59 Å². The van der Waals surface area contributed by atoms with Crippen LogP contribution in [0.4, 0.5) is 0 Å². The zero-order valence-electron chi connectivity index (χ0n) is 10.1. The molecule has 3 nitrogen and oxygen atoms in total. The summed E-state index contributed by atoms with van der Waals surface area (Å²) < 4.78 is 5.03. The Balaban J connectivity index is 2.42. The van der Waals surface area contributed by atoms with Crippen LogP contribution >= 0.6 is 11.8 Å². The van der Waals surface area contributed by atoms with Crippen LogP contribution in [-0.2, 0) is 0 Å². The molecular formula is C14H12O3S. The summed E-state index contributed by atoms with van der Waals surface area (Å²) in [6.45, 7) is 4.03. The average Bonchev–Trinajstić information content (AvgIpc) is 2.26. The van der Waals surface area contributed by atoms with Gasteiger partial charge in [-0.15, -0.1) is 11.8 Å². The van der Waals surface area contributed by atoms with E-state index in [2.05, 4.69) is 0 Å².